The van der Waals surface area contributed by atoms with Crippen LogP contribution in [-0.4, -0.2) is 19.0 Å². The van der Waals surface area contributed by atoms with Gasteiger partial charge in [0.25, 0.3) is 0 Å². The van der Waals surface area contributed by atoms with Gasteiger partial charge in [0, 0.05) is 12.8 Å². The molecule has 15 heavy (non-hydrogen) atoms. The van der Waals surface area contributed by atoms with Crippen LogP contribution >= 0.6 is 0 Å². The van der Waals surface area contributed by atoms with E-state index in [1.54, 1.807) is 0 Å². The van der Waals surface area contributed by atoms with Gasteiger partial charge in [-0.05, 0) is 31.6 Å². The molecule has 0 amide bonds. The Balaban J connectivity index is 1.64. The van der Waals surface area contributed by atoms with Crippen LogP contribution < -0.4 is 0 Å². The molecular weight excluding hydrogens is 190 g/mol. The van der Waals surface area contributed by atoms with E-state index in [0.29, 0.717) is 5.92 Å². The Morgan fingerprint density at radius 1 is 1.00 bits per heavy atom. The van der Waals surface area contributed by atoms with Crippen molar-refractivity contribution in [2.75, 3.05) is 13.2 Å². The maximum Gasteiger partial charge on any atom is 0.168 e. The van der Waals surface area contributed by atoms with Crippen molar-refractivity contribution in [2.24, 2.45) is 11.3 Å². The fourth-order valence-electron chi connectivity index (χ4n) is 3.14. The molecule has 2 aliphatic carbocycles. The average molecular weight is 207 g/mol. The highest BCUT2D eigenvalue weighted by molar-refractivity contribution is 5.14. The monoisotopic (exact) mass is 207 g/mol. The third-order valence-corrected chi connectivity index (χ3v) is 4.35. The Hall–Kier alpha value is -0.590. The second kappa shape index (κ2) is 3.20. The third kappa shape index (κ3) is 1.47. The van der Waals surface area contributed by atoms with Crippen molar-refractivity contribution in [3.63, 3.8) is 0 Å². The van der Waals surface area contributed by atoms with Crippen molar-refractivity contribution < 1.29 is 9.47 Å². The number of hydrogen-bond acceptors (Lipinski definition) is 3. The van der Waals surface area contributed by atoms with Gasteiger partial charge in [0.1, 0.15) is 0 Å². The lowest BCUT2D eigenvalue weighted by Crippen LogP contribution is -2.37. The topological polar surface area (TPSA) is 42.2 Å². The molecule has 0 bridgehead atoms. The van der Waals surface area contributed by atoms with Crippen LogP contribution in [0.3, 0.4) is 0 Å². The zero-order valence-electron chi connectivity index (χ0n) is 9.00. The lowest BCUT2D eigenvalue weighted by molar-refractivity contribution is -0.184. The van der Waals surface area contributed by atoms with Crippen molar-refractivity contribution in [1.82, 2.24) is 0 Å². The molecule has 1 saturated heterocycles. The van der Waals surface area contributed by atoms with Gasteiger partial charge in [-0.3, -0.25) is 0 Å². The molecule has 0 radical (unpaired) electrons. The average Bonchev–Trinajstić information content (AvgIpc) is 2.96. The molecular formula is C12H17NO2. The Morgan fingerprint density at radius 3 is 2.07 bits per heavy atom. The first-order chi connectivity index (χ1) is 7.29. The number of rotatable bonds is 1. The van der Waals surface area contributed by atoms with Gasteiger partial charge in [0.15, 0.2) is 5.79 Å². The van der Waals surface area contributed by atoms with E-state index in [-0.39, 0.29) is 11.2 Å². The van der Waals surface area contributed by atoms with E-state index in [9.17, 15) is 0 Å². The van der Waals surface area contributed by atoms with Crippen LogP contribution in [0.4, 0.5) is 0 Å². The molecule has 0 aromatic rings. The summed E-state index contributed by atoms with van der Waals surface area (Å²) in [6, 6.07) is 2.52. The van der Waals surface area contributed by atoms with E-state index in [4.69, 9.17) is 14.7 Å². The predicted octanol–water partition coefficient (Wildman–Crippen LogP) is 2.22. The van der Waals surface area contributed by atoms with Gasteiger partial charge in [-0.2, -0.15) is 5.26 Å². The molecule has 3 fully saturated rings. The van der Waals surface area contributed by atoms with Crippen LogP contribution in [0.5, 0.6) is 0 Å². The summed E-state index contributed by atoms with van der Waals surface area (Å²) in [5.74, 6) is 0.336. The van der Waals surface area contributed by atoms with Crippen molar-refractivity contribution in [3.8, 4) is 6.07 Å². The minimum absolute atomic E-state index is 0.0419. The van der Waals surface area contributed by atoms with Crippen LogP contribution in [0, 0.1) is 22.7 Å². The van der Waals surface area contributed by atoms with E-state index < -0.39 is 0 Å². The van der Waals surface area contributed by atoms with Crippen molar-refractivity contribution in [1.29, 1.82) is 5.26 Å². The Bertz CT molecular complexity index is 287. The standard InChI is InChI=1S/C12H17NO2/c13-9-11(5-6-11)10-1-3-12(4-2-10)14-7-8-15-12/h10H,1-8H2. The molecule has 0 aromatic heterocycles. The van der Waals surface area contributed by atoms with Crippen LogP contribution in [0.15, 0.2) is 0 Å². The molecule has 0 unspecified atom stereocenters. The maximum absolute atomic E-state index is 9.15. The smallest absolute Gasteiger partial charge is 0.168 e. The summed E-state index contributed by atoms with van der Waals surface area (Å²) in [6.07, 6.45) is 6.41. The van der Waals surface area contributed by atoms with E-state index in [2.05, 4.69) is 6.07 Å². The number of ether oxygens (including phenoxy) is 2. The Morgan fingerprint density at radius 2 is 1.60 bits per heavy atom. The number of hydrogen-bond donors (Lipinski definition) is 0. The molecule has 1 aliphatic heterocycles. The summed E-state index contributed by atoms with van der Waals surface area (Å²) < 4.78 is 11.4. The van der Waals surface area contributed by atoms with E-state index in [1.165, 1.54) is 0 Å². The van der Waals surface area contributed by atoms with Crippen LogP contribution in [-0.2, 0) is 9.47 Å². The molecule has 3 nitrogen and oxygen atoms in total. The summed E-state index contributed by atoms with van der Waals surface area (Å²) in [7, 11) is 0. The largest absolute Gasteiger partial charge is 0.348 e. The molecule has 0 atom stereocenters. The minimum Gasteiger partial charge on any atom is -0.348 e. The van der Waals surface area contributed by atoms with Gasteiger partial charge >= 0.3 is 0 Å². The zero-order chi connectivity index (χ0) is 10.4. The van der Waals surface area contributed by atoms with Gasteiger partial charge in [0.05, 0.1) is 24.7 Å². The fourth-order valence-corrected chi connectivity index (χ4v) is 3.14. The summed E-state index contributed by atoms with van der Waals surface area (Å²) in [5, 5.41) is 9.15. The quantitative estimate of drug-likeness (QED) is 0.662. The van der Waals surface area contributed by atoms with Gasteiger partial charge < -0.3 is 9.47 Å². The van der Waals surface area contributed by atoms with Crippen LogP contribution in [0.25, 0.3) is 0 Å². The molecule has 3 aliphatic rings. The lowest BCUT2D eigenvalue weighted by Gasteiger charge is -2.37. The Kier molecular flexibility index (Phi) is 2.05. The third-order valence-electron chi connectivity index (χ3n) is 4.35. The highest BCUT2D eigenvalue weighted by Crippen LogP contribution is 2.57. The maximum atomic E-state index is 9.15. The Labute approximate surface area is 90.4 Å². The van der Waals surface area contributed by atoms with Crippen LogP contribution in [0.1, 0.15) is 38.5 Å². The molecule has 1 heterocycles. The normalized spacial score (nSPS) is 32.7. The predicted molar refractivity (Wildman–Crippen MR) is 53.9 cm³/mol. The fraction of sp³-hybridized carbons (Fsp3) is 0.917. The summed E-state index contributed by atoms with van der Waals surface area (Å²) in [6.45, 7) is 1.49. The molecule has 2 saturated carbocycles. The van der Waals surface area contributed by atoms with Crippen molar-refractivity contribution in [2.45, 2.75) is 44.3 Å². The van der Waals surface area contributed by atoms with Gasteiger partial charge in [0.2, 0.25) is 0 Å². The molecule has 0 N–H and O–H groups in total. The summed E-state index contributed by atoms with van der Waals surface area (Å²) in [4.78, 5) is 0. The molecule has 3 heteroatoms. The summed E-state index contributed by atoms with van der Waals surface area (Å²) >= 11 is 0. The molecule has 1 spiro atoms. The highest BCUT2D eigenvalue weighted by Gasteiger charge is 2.53. The molecule has 0 aromatic carbocycles. The van der Waals surface area contributed by atoms with Crippen LogP contribution in [0.2, 0.25) is 0 Å². The lowest BCUT2D eigenvalue weighted by atomic mass is 9.76. The van der Waals surface area contributed by atoms with E-state index >= 15 is 0 Å². The van der Waals surface area contributed by atoms with Gasteiger partial charge in [-0.1, -0.05) is 0 Å². The van der Waals surface area contributed by atoms with E-state index in [0.717, 1.165) is 51.7 Å². The zero-order valence-corrected chi connectivity index (χ0v) is 9.00. The van der Waals surface area contributed by atoms with Gasteiger partial charge in [-0.15, -0.1) is 0 Å². The first-order valence-corrected chi connectivity index (χ1v) is 5.98. The second-order valence-electron chi connectivity index (χ2n) is 5.15. The summed E-state index contributed by atoms with van der Waals surface area (Å²) in [5.41, 5.74) is 0.0419. The SMILES string of the molecule is N#CC1(C2CCC3(CC2)OCCO3)CC1. The number of nitriles is 1. The highest BCUT2D eigenvalue weighted by atomic mass is 16.7. The first kappa shape index (κ1) is 9.62. The van der Waals surface area contributed by atoms with Crippen molar-refractivity contribution in [3.05, 3.63) is 0 Å². The van der Waals surface area contributed by atoms with Gasteiger partial charge in [-0.25, -0.2) is 0 Å². The second-order valence-corrected chi connectivity index (χ2v) is 5.15. The molecule has 3 rings (SSSR count). The molecule has 82 valence electrons. The minimum atomic E-state index is -0.262. The van der Waals surface area contributed by atoms with E-state index in [1.807, 2.05) is 0 Å². The van der Waals surface area contributed by atoms with Crippen molar-refractivity contribution >= 4 is 0 Å². The first-order valence-electron chi connectivity index (χ1n) is 5.98. The number of nitrogens with zero attached hydrogens (tertiary/aromatic N) is 1.